The molecule has 0 amide bonds. The largest absolute Gasteiger partial charge is 0.387 e. The van der Waals surface area contributed by atoms with Crippen molar-refractivity contribution in [3.05, 3.63) is 69.5 Å². The van der Waals surface area contributed by atoms with Crippen molar-refractivity contribution >= 4 is 23.2 Å². The predicted octanol–water partition coefficient (Wildman–Crippen LogP) is 4.52. The first-order valence-electron chi connectivity index (χ1n) is 6.59. The Labute approximate surface area is 133 Å². The Balaban J connectivity index is 2.00. The molecule has 2 N–H and O–H groups in total. The van der Waals surface area contributed by atoms with Crippen molar-refractivity contribution in [1.82, 2.24) is 5.32 Å². The summed E-state index contributed by atoms with van der Waals surface area (Å²) < 4.78 is 13.2. The van der Waals surface area contributed by atoms with E-state index in [-0.39, 0.29) is 18.4 Å². The summed E-state index contributed by atoms with van der Waals surface area (Å²) in [6.07, 6.45) is -0.785. The van der Waals surface area contributed by atoms with Gasteiger partial charge in [-0.2, -0.15) is 0 Å². The van der Waals surface area contributed by atoms with Crippen LogP contribution in [-0.4, -0.2) is 11.7 Å². The number of hydrogen-bond acceptors (Lipinski definition) is 2. The number of benzene rings is 2. The third-order valence-corrected chi connectivity index (χ3v) is 3.86. The zero-order valence-corrected chi connectivity index (χ0v) is 13.0. The molecule has 2 unspecified atom stereocenters. The van der Waals surface area contributed by atoms with Crippen LogP contribution in [0.2, 0.25) is 10.0 Å². The van der Waals surface area contributed by atoms with Crippen LogP contribution in [0.4, 0.5) is 4.39 Å². The maximum Gasteiger partial charge on any atom is 0.123 e. The molecule has 0 saturated heterocycles. The average molecular weight is 328 g/mol. The molecular weight excluding hydrogens is 312 g/mol. The Morgan fingerprint density at radius 1 is 1.19 bits per heavy atom. The first kappa shape index (κ1) is 16.2. The number of aliphatic hydroxyl groups is 1. The molecule has 0 aliphatic carbocycles. The molecule has 0 aromatic heterocycles. The molecule has 5 heteroatoms. The molecule has 2 aromatic carbocycles. The van der Waals surface area contributed by atoms with Gasteiger partial charge in [0.2, 0.25) is 0 Å². The third kappa shape index (κ3) is 4.42. The van der Waals surface area contributed by atoms with Crippen LogP contribution in [0.1, 0.15) is 30.2 Å². The smallest absolute Gasteiger partial charge is 0.123 e. The highest BCUT2D eigenvalue weighted by molar-refractivity contribution is 6.33. The Morgan fingerprint density at radius 3 is 2.67 bits per heavy atom. The molecule has 0 spiro atoms. The van der Waals surface area contributed by atoms with Gasteiger partial charge in [-0.25, -0.2) is 4.39 Å². The minimum Gasteiger partial charge on any atom is -0.387 e. The summed E-state index contributed by atoms with van der Waals surface area (Å²) in [4.78, 5) is 0. The summed E-state index contributed by atoms with van der Waals surface area (Å²) in [5.74, 6) is -0.278. The van der Waals surface area contributed by atoms with Gasteiger partial charge in [0, 0.05) is 28.2 Å². The summed E-state index contributed by atoms with van der Waals surface area (Å²) in [6, 6.07) is 11.2. The average Bonchev–Trinajstić information content (AvgIpc) is 2.47. The van der Waals surface area contributed by atoms with E-state index in [1.165, 1.54) is 12.1 Å². The second kappa shape index (κ2) is 7.23. The fourth-order valence-electron chi connectivity index (χ4n) is 2.06. The van der Waals surface area contributed by atoms with Crippen LogP contribution in [0.3, 0.4) is 0 Å². The highest BCUT2D eigenvalue weighted by Crippen LogP contribution is 2.26. The van der Waals surface area contributed by atoms with Gasteiger partial charge in [-0.15, -0.1) is 0 Å². The molecule has 0 saturated carbocycles. The van der Waals surface area contributed by atoms with E-state index >= 15 is 0 Å². The van der Waals surface area contributed by atoms with Gasteiger partial charge in [0.25, 0.3) is 0 Å². The van der Waals surface area contributed by atoms with Crippen LogP contribution >= 0.6 is 23.2 Å². The van der Waals surface area contributed by atoms with Crippen molar-refractivity contribution in [3.8, 4) is 0 Å². The highest BCUT2D eigenvalue weighted by Gasteiger charge is 2.14. The SMILES string of the molecule is CC(NCC(O)c1cc(Cl)ccc1Cl)c1cccc(F)c1. The van der Waals surface area contributed by atoms with E-state index in [1.54, 1.807) is 24.3 Å². The molecule has 0 aliphatic rings. The fourth-order valence-corrected chi connectivity index (χ4v) is 2.49. The summed E-state index contributed by atoms with van der Waals surface area (Å²) in [6.45, 7) is 2.19. The van der Waals surface area contributed by atoms with Gasteiger partial charge in [0.05, 0.1) is 6.10 Å². The molecule has 21 heavy (non-hydrogen) atoms. The second-order valence-electron chi connectivity index (χ2n) is 4.87. The van der Waals surface area contributed by atoms with Crippen LogP contribution < -0.4 is 5.32 Å². The maximum atomic E-state index is 13.2. The van der Waals surface area contributed by atoms with Gasteiger partial charge >= 0.3 is 0 Å². The highest BCUT2D eigenvalue weighted by atomic mass is 35.5. The lowest BCUT2D eigenvalue weighted by atomic mass is 10.1. The minimum atomic E-state index is -0.785. The topological polar surface area (TPSA) is 32.3 Å². The number of rotatable bonds is 5. The molecule has 0 heterocycles. The van der Waals surface area contributed by atoms with Crippen LogP contribution in [0, 0.1) is 5.82 Å². The van der Waals surface area contributed by atoms with Gasteiger partial charge < -0.3 is 10.4 Å². The van der Waals surface area contributed by atoms with Crippen molar-refractivity contribution in [2.24, 2.45) is 0 Å². The fraction of sp³-hybridized carbons (Fsp3) is 0.250. The standard InChI is InChI=1S/C16H16Cl2FNO/c1-10(11-3-2-4-13(19)7-11)20-9-16(21)14-8-12(17)5-6-15(14)18/h2-8,10,16,20-21H,9H2,1H3. The molecule has 2 atom stereocenters. The lowest BCUT2D eigenvalue weighted by Gasteiger charge is -2.18. The molecule has 0 bridgehead atoms. The number of aliphatic hydroxyl groups excluding tert-OH is 1. The zero-order chi connectivity index (χ0) is 15.4. The molecule has 2 nitrogen and oxygen atoms in total. The lowest BCUT2D eigenvalue weighted by molar-refractivity contribution is 0.171. The minimum absolute atomic E-state index is 0.0895. The summed E-state index contributed by atoms with van der Waals surface area (Å²) >= 11 is 12.0. The van der Waals surface area contributed by atoms with Crippen molar-refractivity contribution in [1.29, 1.82) is 0 Å². The van der Waals surface area contributed by atoms with Crippen molar-refractivity contribution in [2.75, 3.05) is 6.54 Å². The van der Waals surface area contributed by atoms with Crippen molar-refractivity contribution < 1.29 is 9.50 Å². The number of halogens is 3. The van der Waals surface area contributed by atoms with E-state index < -0.39 is 6.10 Å². The monoisotopic (exact) mass is 327 g/mol. The first-order chi connectivity index (χ1) is 9.97. The van der Waals surface area contributed by atoms with E-state index in [4.69, 9.17) is 23.2 Å². The lowest BCUT2D eigenvalue weighted by Crippen LogP contribution is -2.25. The van der Waals surface area contributed by atoms with Crippen LogP contribution in [0.15, 0.2) is 42.5 Å². The van der Waals surface area contributed by atoms with Gasteiger partial charge in [0.15, 0.2) is 0 Å². The predicted molar refractivity (Wildman–Crippen MR) is 84.2 cm³/mol. The molecule has 112 valence electrons. The molecule has 0 radical (unpaired) electrons. The summed E-state index contributed by atoms with van der Waals surface area (Å²) in [5.41, 5.74) is 1.39. The summed E-state index contributed by atoms with van der Waals surface area (Å²) in [7, 11) is 0. The van der Waals surface area contributed by atoms with Crippen LogP contribution in [0.5, 0.6) is 0 Å². The normalized spacial score (nSPS) is 14.0. The van der Waals surface area contributed by atoms with Crippen LogP contribution in [-0.2, 0) is 0 Å². The number of hydrogen-bond donors (Lipinski definition) is 2. The van der Waals surface area contributed by atoms with E-state index in [0.717, 1.165) is 5.56 Å². The molecule has 0 fully saturated rings. The first-order valence-corrected chi connectivity index (χ1v) is 7.35. The van der Waals surface area contributed by atoms with Gasteiger partial charge in [0.1, 0.15) is 5.82 Å². The third-order valence-electron chi connectivity index (χ3n) is 3.28. The van der Waals surface area contributed by atoms with Crippen molar-refractivity contribution in [2.45, 2.75) is 19.1 Å². The van der Waals surface area contributed by atoms with Gasteiger partial charge in [-0.05, 0) is 42.8 Å². The second-order valence-corrected chi connectivity index (χ2v) is 5.71. The molecule has 0 aliphatic heterocycles. The van der Waals surface area contributed by atoms with E-state index in [1.807, 2.05) is 13.0 Å². The van der Waals surface area contributed by atoms with Gasteiger partial charge in [-0.3, -0.25) is 0 Å². The van der Waals surface area contributed by atoms with E-state index in [9.17, 15) is 9.50 Å². The van der Waals surface area contributed by atoms with Gasteiger partial charge in [-0.1, -0.05) is 35.3 Å². The molecule has 2 rings (SSSR count). The maximum absolute atomic E-state index is 13.2. The Kier molecular flexibility index (Phi) is 5.59. The quantitative estimate of drug-likeness (QED) is 0.846. The zero-order valence-electron chi connectivity index (χ0n) is 11.5. The Bertz CT molecular complexity index is 621. The van der Waals surface area contributed by atoms with E-state index in [0.29, 0.717) is 15.6 Å². The Morgan fingerprint density at radius 2 is 1.95 bits per heavy atom. The Hall–Kier alpha value is -1.13. The van der Waals surface area contributed by atoms with E-state index in [2.05, 4.69) is 5.32 Å². The summed E-state index contributed by atoms with van der Waals surface area (Å²) in [5, 5.41) is 14.3. The van der Waals surface area contributed by atoms with Crippen LogP contribution in [0.25, 0.3) is 0 Å². The molecular formula is C16H16Cl2FNO. The molecule has 2 aromatic rings. The van der Waals surface area contributed by atoms with Crippen molar-refractivity contribution in [3.63, 3.8) is 0 Å². The number of nitrogens with one attached hydrogen (secondary N) is 1.